The Morgan fingerprint density at radius 2 is 0.894 bits per heavy atom. The number of carbonyl (C=O) groups excluding carboxylic acids is 8. The number of Topliss-reactive ketones (excluding diaryl/α,β-unsaturated/α-hetero) is 1. The number of nitrogens with one attached hydrogen (secondary N) is 1. The van der Waals surface area contributed by atoms with Crippen LogP contribution < -0.4 is 11.1 Å². The molecule has 3 aromatic carbocycles. The number of rotatable bonds is 11. The van der Waals surface area contributed by atoms with Crippen LogP contribution in [0.1, 0.15) is 280 Å². The highest BCUT2D eigenvalue weighted by molar-refractivity contribution is 5.92. The molecule has 16 fully saturated rings. The lowest BCUT2D eigenvalue weighted by Crippen LogP contribution is -2.65. The summed E-state index contributed by atoms with van der Waals surface area (Å²) in [5.74, 6) is 2.20. The number of methoxy groups -OCH3 is 1. The van der Waals surface area contributed by atoms with E-state index in [-0.39, 0.29) is 85.0 Å². The number of azide groups is 1. The first-order chi connectivity index (χ1) is 53.3. The average molecular weight is 1570 g/mol. The van der Waals surface area contributed by atoms with Gasteiger partial charge in [-0.25, -0.2) is 24.0 Å². The highest BCUT2D eigenvalue weighted by Crippen LogP contribution is 2.54. The van der Waals surface area contributed by atoms with Gasteiger partial charge in [0.2, 0.25) is 5.91 Å². The second kappa shape index (κ2) is 37.3. The van der Waals surface area contributed by atoms with E-state index in [4.69, 9.17) is 34.2 Å². The van der Waals surface area contributed by atoms with Crippen molar-refractivity contribution in [3.05, 3.63) is 118 Å². The van der Waals surface area contributed by atoms with Crippen molar-refractivity contribution >= 4 is 48.0 Å². The second-order valence-electron chi connectivity index (χ2n) is 37.5. The van der Waals surface area contributed by atoms with Gasteiger partial charge in [0.1, 0.15) is 39.8 Å². The molecule has 6 saturated carbocycles. The van der Waals surface area contributed by atoms with E-state index in [1.165, 1.54) is 7.11 Å². The van der Waals surface area contributed by atoms with Gasteiger partial charge < -0.3 is 59.5 Å². The van der Waals surface area contributed by atoms with Crippen LogP contribution in [0.15, 0.2) is 96.1 Å². The lowest BCUT2D eigenvalue weighted by atomic mass is 9.66. The quantitative estimate of drug-likeness (QED) is 0.0455. The third-order valence-electron chi connectivity index (χ3n) is 25.1. The summed E-state index contributed by atoms with van der Waals surface area (Å²) in [4.78, 5) is 106. The Bertz CT molecular complexity index is 3630. The highest BCUT2D eigenvalue weighted by atomic mass is 16.6. The molecule has 0 aromatic heterocycles. The van der Waals surface area contributed by atoms with E-state index in [9.17, 15) is 54.1 Å². The van der Waals surface area contributed by atoms with E-state index in [1.807, 2.05) is 177 Å². The van der Waals surface area contributed by atoms with Gasteiger partial charge >= 0.3 is 36.3 Å². The van der Waals surface area contributed by atoms with Crippen LogP contribution in [0, 0.1) is 35.5 Å². The van der Waals surface area contributed by atoms with Gasteiger partial charge in [-0.1, -0.05) is 96.1 Å². The van der Waals surface area contributed by atoms with Gasteiger partial charge in [0, 0.05) is 51.3 Å². The molecule has 5 amide bonds. The van der Waals surface area contributed by atoms with E-state index in [0.29, 0.717) is 69.1 Å². The number of aliphatic hydroxyl groups excluding tert-OH is 2. The number of esters is 2. The maximum Gasteiger partial charge on any atom is 0.410 e. The standard InChI is InChI=1S/C19H26N4O2.C19H28N2O2.C19H27NO3.C13H23NO3.C9H13NO3.C9H14O3.H2/c1-18(2,3)25-17(24)23-13-14-9-11-19(23,12-10-14)16(21-22-20)15-7-5-4-6-8-15;1-18(2,3)23-17(22)21-13-14-9-11-19(21,12-10-14)16(20)15-7-5-4-6-8-15;1-18(2,3)23-17(22)20-13-14-9-11-19(20,12-10-14)16(21)15-7-5-4-6-8-15;1-12(2,3)17-11(16)14-8-10-4-6-13(14,9-15)7-5-10;1-13-8(12)9-4-2-6(3-5-9)7(11)10-9;1-2-12-9(11)7-3-5-8(10)6-4-7;/h4-8,14,16H,9-13H2,1-3H3;4-8,14,16H,9-13,20H2,1-3H3;4-8,14,16,21H,9-13H2,1-3H3;10,15H,4-9H2,1-3H3;6H,2-5H2,1H3,(H,10,11);7H,2-6H2,1H3;1H. The van der Waals surface area contributed by atoms with Gasteiger partial charge in [-0.3, -0.25) is 24.2 Å². The number of ketones is 1. The molecular formula is C88H133N9O16. The number of ether oxygens (including phenoxy) is 6. The van der Waals surface area contributed by atoms with Crippen LogP contribution in [0.4, 0.5) is 19.2 Å². The minimum atomic E-state index is -0.694. The average Bonchev–Trinajstić information content (AvgIpc) is 0.750. The first kappa shape index (κ1) is 89.0. The van der Waals surface area contributed by atoms with Crippen LogP contribution in [0.2, 0.25) is 0 Å². The van der Waals surface area contributed by atoms with Gasteiger partial charge in [0.25, 0.3) is 0 Å². The Kier molecular flexibility index (Phi) is 29.4. The van der Waals surface area contributed by atoms with E-state index >= 15 is 0 Å². The molecule has 6 aliphatic carbocycles. The molecule has 0 radical (unpaired) electrons. The molecule has 0 spiro atoms. The zero-order valence-corrected chi connectivity index (χ0v) is 69.9. The Morgan fingerprint density at radius 3 is 1.28 bits per heavy atom. The first-order valence-corrected chi connectivity index (χ1v) is 41.6. The molecule has 626 valence electrons. The number of piperidine rings is 10. The fraction of sp³-hybridized carbons (Fsp3) is 0.705. The Hall–Kier alpha value is -7.99. The molecule has 113 heavy (non-hydrogen) atoms. The maximum absolute atomic E-state index is 12.9. The van der Waals surface area contributed by atoms with Crippen molar-refractivity contribution in [1.29, 1.82) is 0 Å². The summed E-state index contributed by atoms with van der Waals surface area (Å²) in [5, 5.41) is 27.6. The Morgan fingerprint density at radius 1 is 0.531 bits per heavy atom. The summed E-state index contributed by atoms with van der Waals surface area (Å²) in [6.07, 6.45) is 19.7. The largest absolute Gasteiger partial charge is 0.467 e. The van der Waals surface area contributed by atoms with Crippen LogP contribution in [-0.2, 0) is 47.6 Å². The zero-order valence-electron chi connectivity index (χ0n) is 69.9. The molecule has 19 rings (SSSR count). The monoisotopic (exact) mass is 1570 g/mol. The lowest BCUT2D eigenvalue weighted by molar-refractivity contribution is -0.158. The van der Waals surface area contributed by atoms with Gasteiger partial charge in [-0.05, 0) is 277 Å². The molecule has 5 N–H and O–H groups in total. The Labute approximate surface area is 671 Å². The summed E-state index contributed by atoms with van der Waals surface area (Å²) < 4.78 is 32.0. The number of hydrogen-bond donors (Lipinski definition) is 4. The third-order valence-corrected chi connectivity index (χ3v) is 25.1. The summed E-state index contributed by atoms with van der Waals surface area (Å²) in [6.45, 7) is 27.8. The van der Waals surface area contributed by atoms with Crippen molar-refractivity contribution in [2.24, 2.45) is 46.4 Å². The lowest BCUT2D eigenvalue weighted by Gasteiger charge is -2.56. The molecule has 16 aliphatic rings. The van der Waals surface area contributed by atoms with E-state index in [1.54, 1.807) is 11.8 Å². The normalized spacial score (nSPS) is 28.7. The van der Waals surface area contributed by atoms with E-state index in [2.05, 4.69) is 27.5 Å². The predicted molar refractivity (Wildman–Crippen MR) is 431 cm³/mol. The van der Waals surface area contributed by atoms with Crippen molar-refractivity contribution < 1.29 is 78.4 Å². The SMILES string of the molecule is CC(C)(C)OC(=O)N1CC2CCC1(C(N)c1ccccc1)CC2.CC(C)(C)OC(=O)N1CC2CCC1(C(N=[N+]=[N-])c1ccccc1)CC2.CC(C)(C)OC(=O)N1CC2CCC1(C(O)c1ccccc1)CC2.CC(C)(C)OC(=O)N1CC2CCC1(CO)CC2.CCOC(=O)C1CCC(=O)CC1.COC(=O)C12CCC(CC1)C(=O)N2.[HH]. The molecule has 3 unspecified atom stereocenters. The van der Waals surface area contributed by atoms with E-state index < -0.39 is 51.2 Å². The predicted octanol–water partition coefficient (Wildman–Crippen LogP) is 16.9. The topological polar surface area (TPSA) is 332 Å². The minimum Gasteiger partial charge on any atom is -0.467 e. The highest BCUT2D eigenvalue weighted by Gasteiger charge is 2.58. The van der Waals surface area contributed by atoms with Crippen LogP contribution in [0.25, 0.3) is 10.4 Å². The molecule has 10 saturated heterocycles. The number of fused-ring (bicyclic) bond motifs is 15. The van der Waals surface area contributed by atoms with E-state index in [0.717, 1.165) is 158 Å². The summed E-state index contributed by atoms with van der Waals surface area (Å²) in [6, 6.07) is 29.0. The van der Waals surface area contributed by atoms with Gasteiger partial charge in [0.15, 0.2) is 0 Å². The van der Waals surface area contributed by atoms with Crippen LogP contribution >= 0.6 is 0 Å². The van der Waals surface area contributed by atoms with Gasteiger partial charge in [-0.15, -0.1) is 0 Å². The molecule has 10 bridgehead atoms. The number of benzene rings is 3. The number of carbonyl (C=O) groups is 8. The van der Waals surface area contributed by atoms with Crippen molar-refractivity contribution in [3.8, 4) is 0 Å². The van der Waals surface area contributed by atoms with Gasteiger partial charge in [-0.2, -0.15) is 0 Å². The molecule has 25 heteroatoms. The number of nitrogens with two attached hydrogens (primary N) is 1. The molecule has 25 nitrogen and oxygen atoms in total. The fourth-order valence-electron chi connectivity index (χ4n) is 19.0. The van der Waals surface area contributed by atoms with Crippen LogP contribution in [0.3, 0.4) is 0 Å². The van der Waals surface area contributed by atoms with Crippen molar-refractivity contribution in [1.82, 2.24) is 24.9 Å². The maximum atomic E-state index is 12.9. The molecule has 3 aromatic rings. The van der Waals surface area contributed by atoms with Crippen molar-refractivity contribution in [3.63, 3.8) is 0 Å². The number of nitrogens with zero attached hydrogens (tertiary/aromatic N) is 7. The second-order valence-corrected chi connectivity index (χ2v) is 37.5. The minimum absolute atomic E-state index is 0. The van der Waals surface area contributed by atoms with Crippen molar-refractivity contribution in [2.45, 2.75) is 312 Å². The number of aliphatic hydroxyl groups is 2. The van der Waals surface area contributed by atoms with Gasteiger partial charge in [0.05, 0.1) is 60.5 Å². The van der Waals surface area contributed by atoms with Crippen LogP contribution in [-0.4, -0.2) is 174 Å². The summed E-state index contributed by atoms with van der Waals surface area (Å²) in [5.41, 5.74) is 14.4. The Balaban J connectivity index is 0.000000174. The fourth-order valence-corrected chi connectivity index (χ4v) is 19.0. The van der Waals surface area contributed by atoms with Crippen LogP contribution in [0.5, 0.6) is 0 Å². The molecule has 10 aliphatic heterocycles. The summed E-state index contributed by atoms with van der Waals surface area (Å²) in [7, 11) is 1.37. The molecule has 10 heterocycles. The zero-order chi connectivity index (χ0) is 82.5. The number of hydrogen-bond acceptors (Lipinski definition) is 18. The third kappa shape index (κ3) is 22.0. The first-order valence-electron chi connectivity index (χ1n) is 41.6. The number of amides is 5. The van der Waals surface area contributed by atoms with Crippen molar-refractivity contribution in [2.75, 3.05) is 46.5 Å². The summed E-state index contributed by atoms with van der Waals surface area (Å²) >= 11 is 0. The molecular weight excluding hydrogens is 1440 g/mol. The molecule has 3 atom stereocenters. The smallest absolute Gasteiger partial charge is 0.410 e.